The maximum Gasteiger partial charge on any atom is 0.223 e. The largest absolute Gasteiger partial charge is 0.393 e. The number of aliphatic hydroxyl groups excluding tert-OH is 1. The smallest absolute Gasteiger partial charge is 0.223 e. The van der Waals surface area contributed by atoms with Gasteiger partial charge in [-0.25, -0.2) is 4.98 Å². The van der Waals surface area contributed by atoms with Gasteiger partial charge in [-0.15, -0.1) is 17.0 Å². The normalized spacial score (nSPS) is 21.0. The highest BCUT2D eigenvalue weighted by atomic mass is 79.9. The van der Waals surface area contributed by atoms with Crippen molar-refractivity contribution in [2.24, 2.45) is 12.0 Å². The monoisotopic (exact) mass is 504 g/mol. The van der Waals surface area contributed by atoms with Crippen LogP contribution in [-0.2, 0) is 21.3 Å². The summed E-state index contributed by atoms with van der Waals surface area (Å²) in [6.45, 7) is 3.02. The third kappa shape index (κ3) is 8.40. The van der Waals surface area contributed by atoms with Crippen molar-refractivity contribution in [3.8, 4) is 0 Å². The van der Waals surface area contributed by atoms with Crippen molar-refractivity contribution in [1.29, 1.82) is 0 Å². The van der Waals surface area contributed by atoms with Gasteiger partial charge in [0.1, 0.15) is 17.5 Å². The van der Waals surface area contributed by atoms with Crippen molar-refractivity contribution < 1.29 is 19.4 Å². The number of nitrogens with one attached hydrogen (secondary N) is 2. The van der Waals surface area contributed by atoms with E-state index in [1.165, 1.54) is 0 Å². The van der Waals surface area contributed by atoms with Gasteiger partial charge in [-0.1, -0.05) is 0 Å². The molecule has 0 aliphatic carbocycles. The first-order valence-corrected chi connectivity index (χ1v) is 10.3. The summed E-state index contributed by atoms with van der Waals surface area (Å²) in [6, 6.07) is 0.138. The molecule has 1 aromatic heterocycles. The van der Waals surface area contributed by atoms with Crippen LogP contribution in [0.5, 0.6) is 0 Å². The predicted octanol–water partition coefficient (Wildman–Crippen LogP) is 0.629. The number of amides is 1. The van der Waals surface area contributed by atoms with Gasteiger partial charge >= 0.3 is 0 Å². The number of aliphatic imine (C=N–C) groups is 1. The number of aromatic nitrogens is 2. The molecule has 2 heterocycles. The second kappa shape index (κ2) is 13.0. The fourth-order valence-electron chi connectivity index (χ4n) is 3.08. The highest BCUT2D eigenvalue weighted by molar-refractivity contribution is 8.93. The van der Waals surface area contributed by atoms with Gasteiger partial charge in [-0.05, 0) is 13.3 Å². The van der Waals surface area contributed by atoms with E-state index < -0.39 is 5.60 Å². The SMILES string of the molecule is Br.COC(C)(CO)CN=C(NCCC(=O)N(C)C)NC1CCOC(c2nccn2C)C1. The first kappa shape index (κ1) is 27.3. The van der Waals surface area contributed by atoms with Crippen molar-refractivity contribution in [1.82, 2.24) is 25.1 Å². The number of methoxy groups -OCH3 is 1. The molecule has 1 aliphatic heterocycles. The summed E-state index contributed by atoms with van der Waals surface area (Å²) in [6.07, 6.45) is 5.54. The van der Waals surface area contributed by atoms with Gasteiger partial charge in [0, 0.05) is 72.7 Å². The Balaban J connectivity index is 0.00000480. The van der Waals surface area contributed by atoms with Gasteiger partial charge in [0.25, 0.3) is 0 Å². The van der Waals surface area contributed by atoms with Crippen LogP contribution in [0.15, 0.2) is 17.4 Å². The number of carbonyl (C=O) groups is 1. The number of carbonyl (C=O) groups excluding carboxylic acids is 1. The summed E-state index contributed by atoms with van der Waals surface area (Å²) in [5.74, 6) is 1.53. The van der Waals surface area contributed by atoms with Gasteiger partial charge in [0.05, 0.1) is 13.2 Å². The zero-order chi connectivity index (χ0) is 22.1. The van der Waals surface area contributed by atoms with E-state index in [1.807, 2.05) is 17.8 Å². The number of aliphatic hydroxyl groups is 1. The van der Waals surface area contributed by atoms with Crippen LogP contribution < -0.4 is 10.6 Å². The first-order valence-electron chi connectivity index (χ1n) is 10.3. The fourth-order valence-corrected chi connectivity index (χ4v) is 3.08. The Morgan fingerprint density at radius 3 is 2.84 bits per heavy atom. The van der Waals surface area contributed by atoms with Crippen molar-refractivity contribution in [3.63, 3.8) is 0 Å². The molecule has 11 heteroatoms. The molecule has 1 aliphatic rings. The van der Waals surface area contributed by atoms with Crippen molar-refractivity contribution in [2.75, 3.05) is 47.5 Å². The highest BCUT2D eigenvalue weighted by Crippen LogP contribution is 2.26. The summed E-state index contributed by atoms with van der Waals surface area (Å²) in [4.78, 5) is 22.5. The second-order valence-electron chi connectivity index (χ2n) is 8.06. The van der Waals surface area contributed by atoms with Crippen LogP contribution in [0.1, 0.15) is 38.1 Å². The van der Waals surface area contributed by atoms with Gasteiger partial charge in [-0.3, -0.25) is 9.79 Å². The van der Waals surface area contributed by atoms with Crippen molar-refractivity contribution in [3.05, 3.63) is 18.2 Å². The topological polar surface area (TPSA) is 113 Å². The van der Waals surface area contributed by atoms with E-state index in [-0.39, 0.29) is 48.2 Å². The molecule has 0 saturated carbocycles. The Bertz CT molecular complexity index is 708. The van der Waals surface area contributed by atoms with Gasteiger partial charge < -0.3 is 34.7 Å². The fraction of sp³-hybridized carbons (Fsp3) is 0.750. The Morgan fingerprint density at radius 2 is 2.26 bits per heavy atom. The molecule has 0 bridgehead atoms. The van der Waals surface area contributed by atoms with Gasteiger partial charge in [0.15, 0.2) is 5.96 Å². The second-order valence-corrected chi connectivity index (χ2v) is 8.06. The van der Waals surface area contributed by atoms with Crippen molar-refractivity contribution >= 4 is 28.8 Å². The lowest BCUT2D eigenvalue weighted by molar-refractivity contribution is -0.128. The zero-order valence-corrected chi connectivity index (χ0v) is 20.8. The Hall–Kier alpha value is -1.69. The summed E-state index contributed by atoms with van der Waals surface area (Å²) in [5.41, 5.74) is -0.765. The van der Waals surface area contributed by atoms with Crippen molar-refractivity contribution in [2.45, 2.75) is 43.9 Å². The highest BCUT2D eigenvalue weighted by Gasteiger charge is 2.28. The average molecular weight is 505 g/mol. The maximum atomic E-state index is 11.9. The molecule has 3 atom stereocenters. The third-order valence-corrected chi connectivity index (χ3v) is 5.30. The van der Waals surface area contributed by atoms with Crippen LogP contribution in [0, 0.1) is 0 Å². The molecule has 1 aromatic rings. The van der Waals surface area contributed by atoms with Crippen LogP contribution in [0.4, 0.5) is 0 Å². The van der Waals surface area contributed by atoms with Crippen LogP contribution in [-0.4, -0.2) is 90.6 Å². The predicted molar refractivity (Wildman–Crippen MR) is 124 cm³/mol. The number of halogens is 1. The lowest BCUT2D eigenvalue weighted by Gasteiger charge is -2.31. The Morgan fingerprint density at radius 1 is 1.52 bits per heavy atom. The average Bonchev–Trinajstić information content (AvgIpc) is 3.17. The molecule has 31 heavy (non-hydrogen) atoms. The summed E-state index contributed by atoms with van der Waals surface area (Å²) in [7, 11) is 6.98. The zero-order valence-electron chi connectivity index (χ0n) is 19.1. The molecule has 0 radical (unpaired) electrons. The number of hydrogen-bond acceptors (Lipinski definition) is 6. The van der Waals surface area contributed by atoms with E-state index in [9.17, 15) is 9.90 Å². The molecule has 10 nitrogen and oxygen atoms in total. The third-order valence-electron chi connectivity index (χ3n) is 5.30. The number of nitrogens with zero attached hydrogens (tertiary/aromatic N) is 4. The lowest BCUT2D eigenvalue weighted by Crippen LogP contribution is -2.48. The van der Waals surface area contributed by atoms with Gasteiger partial charge in [-0.2, -0.15) is 0 Å². The molecule has 178 valence electrons. The minimum absolute atomic E-state index is 0. The van der Waals surface area contributed by atoms with E-state index in [1.54, 1.807) is 39.2 Å². The van der Waals surface area contributed by atoms with E-state index in [4.69, 9.17) is 9.47 Å². The number of hydrogen-bond donors (Lipinski definition) is 3. The molecule has 1 amide bonds. The number of imidazole rings is 1. The minimum atomic E-state index is -0.765. The molecule has 3 unspecified atom stereocenters. The Kier molecular flexibility index (Phi) is 11.5. The van der Waals surface area contributed by atoms with E-state index in [2.05, 4.69) is 20.6 Å². The molecular weight excluding hydrogens is 468 g/mol. The number of aryl methyl sites for hydroxylation is 1. The summed E-state index contributed by atoms with van der Waals surface area (Å²) in [5, 5.41) is 16.3. The quantitative estimate of drug-likeness (QED) is 0.333. The van der Waals surface area contributed by atoms with Crippen LogP contribution in [0.2, 0.25) is 0 Å². The standard InChI is InChI=1S/C20H36N6O4.BrH/c1-20(14-27,29-5)13-23-19(22-8-6-17(28)25(2)3)24-15-7-11-30-16(12-15)18-21-9-10-26(18)4;/h9-10,15-16,27H,6-8,11-14H2,1-5H3,(H2,22,23,24);1H. The molecule has 2 rings (SSSR count). The first-order chi connectivity index (χ1) is 14.3. The van der Waals surface area contributed by atoms with E-state index >= 15 is 0 Å². The van der Waals surface area contributed by atoms with Crippen LogP contribution in [0.25, 0.3) is 0 Å². The lowest BCUT2D eigenvalue weighted by atomic mass is 10.0. The molecule has 0 spiro atoms. The van der Waals surface area contributed by atoms with Crippen LogP contribution >= 0.6 is 17.0 Å². The molecule has 1 saturated heterocycles. The van der Waals surface area contributed by atoms with E-state index in [0.29, 0.717) is 25.5 Å². The Labute approximate surface area is 195 Å². The molecule has 1 fully saturated rings. The maximum absolute atomic E-state index is 11.9. The van der Waals surface area contributed by atoms with Crippen LogP contribution in [0.3, 0.4) is 0 Å². The molecule has 3 N–H and O–H groups in total. The number of rotatable bonds is 9. The number of ether oxygens (including phenoxy) is 2. The molecule has 0 aromatic carbocycles. The van der Waals surface area contributed by atoms with Gasteiger partial charge in [0.2, 0.25) is 5.91 Å². The van der Waals surface area contributed by atoms with E-state index in [0.717, 1.165) is 18.7 Å². The summed E-state index contributed by atoms with van der Waals surface area (Å²) >= 11 is 0. The number of guanidine groups is 1. The minimum Gasteiger partial charge on any atom is -0.393 e. The molecular formula is C20H37BrN6O4. The summed E-state index contributed by atoms with van der Waals surface area (Å²) < 4.78 is 13.3.